The molecule has 1 aromatic heterocycles. The SMILES string of the molecule is CCOC(=O)c1ccc(CNC(CCOC(C)C)C(=O)OC)o1. The fourth-order valence-electron chi connectivity index (χ4n) is 1.88. The van der Waals surface area contributed by atoms with Crippen molar-refractivity contribution in [1.29, 1.82) is 0 Å². The van der Waals surface area contributed by atoms with Crippen molar-refractivity contribution in [2.24, 2.45) is 0 Å². The summed E-state index contributed by atoms with van der Waals surface area (Å²) in [6.45, 7) is 6.61. The third-order valence-corrected chi connectivity index (χ3v) is 3.00. The summed E-state index contributed by atoms with van der Waals surface area (Å²) in [5.74, 6) is -0.198. The average molecular weight is 327 g/mol. The Bertz CT molecular complexity index is 497. The van der Waals surface area contributed by atoms with Crippen LogP contribution in [0.5, 0.6) is 0 Å². The Balaban J connectivity index is 2.53. The van der Waals surface area contributed by atoms with E-state index in [9.17, 15) is 9.59 Å². The van der Waals surface area contributed by atoms with E-state index in [-0.39, 0.29) is 24.4 Å². The highest BCUT2D eigenvalue weighted by atomic mass is 16.5. The maximum Gasteiger partial charge on any atom is 0.374 e. The Labute approximate surface area is 136 Å². The number of rotatable bonds is 10. The van der Waals surface area contributed by atoms with E-state index < -0.39 is 12.0 Å². The highest BCUT2D eigenvalue weighted by molar-refractivity contribution is 5.86. The fourth-order valence-corrected chi connectivity index (χ4v) is 1.88. The number of furan rings is 1. The summed E-state index contributed by atoms with van der Waals surface area (Å²) < 4.78 is 20.5. The van der Waals surface area contributed by atoms with Crippen LogP contribution in [0, 0.1) is 0 Å². The third-order valence-electron chi connectivity index (χ3n) is 3.00. The summed E-state index contributed by atoms with van der Waals surface area (Å²) in [6, 6.07) is 2.71. The molecule has 23 heavy (non-hydrogen) atoms. The summed E-state index contributed by atoms with van der Waals surface area (Å²) >= 11 is 0. The maximum atomic E-state index is 11.8. The lowest BCUT2D eigenvalue weighted by Crippen LogP contribution is -2.38. The van der Waals surface area contributed by atoms with Crippen molar-refractivity contribution in [2.75, 3.05) is 20.3 Å². The van der Waals surface area contributed by atoms with Crippen LogP contribution >= 0.6 is 0 Å². The second-order valence-corrected chi connectivity index (χ2v) is 5.15. The standard InChI is InChI=1S/C16H25NO6/c1-5-21-16(19)14-7-6-12(23-14)10-17-13(15(18)20-4)8-9-22-11(2)3/h6-7,11,13,17H,5,8-10H2,1-4H3. The first-order chi connectivity index (χ1) is 11.0. The first-order valence-electron chi connectivity index (χ1n) is 7.66. The molecule has 7 nitrogen and oxygen atoms in total. The van der Waals surface area contributed by atoms with Crippen LogP contribution in [0.4, 0.5) is 0 Å². The summed E-state index contributed by atoms with van der Waals surface area (Å²) in [7, 11) is 1.34. The Morgan fingerprint density at radius 3 is 2.65 bits per heavy atom. The van der Waals surface area contributed by atoms with Crippen molar-refractivity contribution in [3.63, 3.8) is 0 Å². The molecule has 0 saturated heterocycles. The number of hydrogen-bond donors (Lipinski definition) is 1. The van der Waals surface area contributed by atoms with E-state index in [1.165, 1.54) is 7.11 Å². The predicted octanol–water partition coefficient (Wildman–Crippen LogP) is 1.90. The molecule has 0 aliphatic rings. The summed E-state index contributed by atoms with van der Waals surface area (Å²) in [5.41, 5.74) is 0. The van der Waals surface area contributed by atoms with Gasteiger partial charge in [0.1, 0.15) is 11.8 Å². The molecule has 0 aliphatic carbocycles. The second kappa shape index (κ2) is 10.0. The van der Waals surface area contributed by atoms with Crippen molar-refractivity contribution in [3.8, 4) is 0 Å². The average Bonchev–Trinajstić information content (AvgIpc) is 2.98. The molecule has 0 aliphatic heterocycles. The highest BCUT2D eigenvalue weighted by Crippen LogP contribution is 2.10. The van der Waals surface area contributed by atoms with Crippen molar-refractivity contribution in [2.45, 2.75) is 45.9 Å². The minimum atomic E-state index is -0.506. The number of ether oxygens (including phenoxy) is 3. The van der Waals surface area contributed by atoms with Gasteiger partial charge in [0.05, 0.1) is 26.4 Å². The third kappa shape index (κ3) is 6.83. The van der Waals surface area contributed by atoms with E-state index in [0.29, 0.717) is 25.3 Å². The number of carbonyl (C=O) groups excluding carboxylic acids is 2. The highest BCUT2D eigenvalue weighted by Gasteiger charge is 2.20. The van der Waals surface area contributed by atoms with E-state index in [4.69, 9.17) is 18.6 Å². The van der Waals surface area contributed by atoms with E-state index in [2.05, 4.69) is 5.32 Å². The smallest absolute Gasteiger partial charge is 0.374 e. The maximum absolute atomic E-state index is 11.8. The lowest BCUT2D eigenvalue weighted by molar-refractivity contribution is -0.143. The van der Waals surface area contributed by atoms with E-state index >= 15 is 0 Å². The fraction of sp³-hybridized carbons (Fsp3) is 0.625. The van der Waals surface area contributed by atoms with Gasteiger partial charge in [-0.1, -0.05) is 0 Å². The quantitative estimate of drug-likeness (QED) is 0.657. The van der Waals surface area contributed by atoms with Crippen LogP contribution < -0.4 is 5.32 Å². The van der Waals surface area contributed by atoms with Crippen LogP contribution in [-0.4, -0.2) is 44.4 Å². The largest absolute Gasteiger partial charge is 0.468 e. The van der Waals surface area contributed by atoms with Gasteiger partial charge < -0.3 is 18.6 Å². The molecule has 0 fully saturated rings. The van der Waals surface area contributed by atoms with Gasteiger partial charge in [0.25, 0.3) is 0 Å². The van der Waals surface area contributed by atoms with Crippen LogP contribution in [0.2, 0.25) is 0 Å². The van der Waals surface area contributed by atoms with E-state index in [1.54, 1.807) is 19.1 Å². The van der Waals surface area contributed by atoms with Crippen LogP contribution in [0.25, 0.3) is 0 Å². The first kappa shape index (κ1) is 19.2. The predicted molar refractivity (Wildman–Crippen MR) is 83.0 cm³/mol. The Morgan fingerprint density at radius 1 is 1.30 bits per heavy atom. The molecule has 7 heteroatoms. The zero-order chi connectivity index (χ0) is 17.2. The topological polar surface area (TPSA) is 87.0 Å². The van der Waals surface area contributed by atoms with Crippen molar-refractivity contribution in [3.05, 3.63) is 23.7 Å². The van der Waals surface area contributed by atoms with Gasteiger partial charge in [-0.3, -0.25) is 10.1 Å². The second-order valence-electron chi connectivity index (χ2n) is 5.15. The Kier molecular flexibility index (Phi) is 8.36. The first-order valence-corrected chi connectivity index (χ1v) is 7.66. The number of hydrogen-bond acceptors (Lipinski definition) is 7. The number of carbonyl (C=O) groups is 2. The minimum Gasteiger partial charge on any atom is -0.468 e. The molecule has 1 heterocycles. The van der Waals surface area contributed by atoms with Gasteiger partial charge in [-0.25, -0.2) is 4.79 Å². The zero-order valence-corrected chi connectivity index (χ0v) is 14.1. The van der Waals surface area contributed by atoms with Gasteiger partial charge in [0.15, 0.2) is 0 Å². The van der Waals surface area contributed by atoms with Crippen LogP contribution in [0.15, 0.2) is 16.5 Å². The van der Waals surface area contributed by atoms with Crippen LogP contribution in [0.3, 0.4) is 0 Å². The molecule has 0 amide bonds. The van der Waals surface area contributed by atoms with Gasteiger partial charge >= 0.3 is 11.9 Å². The molecule has 0 bridgehead atoms. The van der Waals surface area contributed by atoms with Crippen molar-refractivity contribution in [1.82, 2.24) is 5.32 Å². The normalized spacial score (nSPS) is 12.2. The lowest BCUT2D eigenvalue weighted by atomic mass is 10.2. The molecule has 0 radical (unpaired) electrons. The minimum absolute atomic E-state index is 0.102. The zero-order valence-electron chi connectivity index (χ0n) is 14.1. The van der Waals surface area contributed by atoms with Gasteiger partial charge in [0, 0.05) is 6.61 Å². The molecule has 0 saturated carbocycles. The molecule has 1 aromatic rings. The molecular formula is C16H25NO6. The monoisotopic (exact) mass is 327 g/mol. The van der Waals surface area contributed by atoms with Crippen molar-refractivity contribution < 1.29 is 28.2 Å². The summed E-state index contributed by atoms with van der Waals surface area (Å²) in [6.07, 6.45) is 0.585. The molecule has 0 spiro atoms. The van der Waals surface area contributed by atoms with Gasteiger partial charge in [-0.15, -0.1) is 0 Å². The molecule has 1 atom stereocenters. The Morgan fingerprint density at radius 2 is 2.04 bits per heavy atom. The molecule has 1 N–H and O–H groups in total. The molecule has 1 unspecified atom stereocenters. The van der Waals surface area contributed by atoms with E-state index in [0.717, 1.165) is 0 Å². The Hall–Kier alpha value is -1.86. The summed E-state index contributed by atoms with van der Waals surface area (Å²) in [4.78, 5) is 23.3. The molecule has 0 aromatic carbocycles. The van der Waals surface area contributed by atoms with Crippen LogP contribution in [0.1, 0.15) is 43.5 Å². The van der Waals surface area contributed by atoms with E-state index in [1.807, 2.05) is 13.8 Å². The number of nitrogens with one attached hydrogen (secondary N) is 1. The molecule has 1 rings (SSSR count). The van der Waals surface area contributed by atoms with Crippen LogP contribution in [-0.2, 0) is 25.5 Å². The van der Waals surface area contributed by atoms with Gasteiger partial charge in [-0.05, 0) is 39.3 Å². The number of esters is 2. The van der Waals surface area contributed by atoms with Gasteiger partial charge in [0.2, 0.25) is 5.76 Å². The van der Waals surface area contributed by atoms with Gasteiger partial charge in [-0.2, -0.15) is 0 Å². The number of methoxy groups -OCH3 is 1. The summed E-state index contributed by atoms with van der Waals surface area (Å²) in [5, 5.41) is 3.04. The molecule has 130 valence electrons. The lowest BCUT2D eigenvalue weighted by Gasteiger charge is -2.16. The molecular weight excluding hydrogens is 302 g/mol. The van der Waals surface area contributed by atoms with Crippen molar-refractivity contribution >= 4 is 11.9 Å².